The Hall–Kier alpha value is -2.11. The highest BCUT2D eigenvalue weighted by molar-refractivity contribution is 7.47. The van der Waals surface area contributed by atoms with Gasteiger partial charge in [-0.1, -0.05) is 140 Å². The standard InChI is InChI=1S/C43H77O11P/c1-3-39(2)31-27-23-19-15-12-13-17-21-25-29-33-43(48)54-41(38-53-55(49,50)52-36-40(46)35-45)37-51-42(47)32-28-24-20-16-11-9-7-5-4-6-8-10-14-18-22-26-30-34-44/h4,6-7,9-10,14,16,20,39-41,44-46H,3,5,8,11-13,15,17-19,21-38H2,1-2H3,(H,49,50)/b6-4-,9-7-,14-10-,20-16-/t39?,40-,41+/m0/s1. The molecule has 11 nitrogen and oxygen atoms in total. The Morgan fingerprint density at radius 3 is 1.67 bits per heavy atom. The Morgan fingerprint density at radius 2 is 1.11 bits per heavy atom. The van der Waals surface area contributed by atoms with Crippen LogP contribution in [0.1, 0.15) is 162 Å². The molecular formula is C43H77O11P. The summed E-state index contributed by atoms with van der Waals surface area (Å²) in [5.41, 5.74) is 0. The van der Waals surface area contributed by atoms with Crippen molar-refractivity contribution in [1.82, 2.24) is 0 Å². The fraction of sp³-hybridized carbons (Fsp3) is 0.767. The fourth-order valence-corrected chi connectivity index (χ4v) is 6.20. The van der Waals surface area contributed by atoms with E-state index < -0.39 is 51.8 Å². The highest BCUT2D eigenvalue weighted by Gasteiger charge is 2.27. The molecule has 4 atom stereocenters. The highest BCUT2D eigenvalue weighted by atomic mass is 31.2. The third-order valence-corrected chi connectivity index (χ3v) is 10.0. The Morgan fingerprint density at radius 1 is 0.618 bits per heavy atom. The van der Waals surface area contributed by atoms with Crippen LogP contribution in [-0.4, -0.2) is 77.4 Å². The summed E-state index contributed by atoms with van der Waals surface area (Å²) >= 11 is 0. The first kappa shape index (κ1) is 52.9. The van der Waals surface area contributed by atoms with Crippen molar-refractivity contribution in [3.63, 3.8) is 0 Å². The Bertz CT molecular complexity index is 1070. The van der Waals surface area contributed by atoms with E-state index in [0.29, 0.717) is 19.3 Å². The monoisotopic (exact) mass is 801 g/mol. The largest absolute Gasteiger partial charge is 0.472 e. The van der Waals surface area contributed by atoms with Crippen LogP contribution >= 0.6 is 7.82 Å². The Balaban J connectivity index is 4.41. The van der Waals surface area contributed by atoms with Crippen molar-refractivity contribution in [3.05, 3.63) is 48.6 Å². The Kier molecular flexibility index (Phi) is 37.3. The van der Waals surface area contributed by atoms with Crippen LogP contribution in [0.5, 0.6) is 0 Å². The molecule has 2 unspecified atom stereocenters. The lowest BCUT2D eigenvalue weighted by atomic mass is 9.99. The lowest BCUT2D eigenvalue weighted by molar-refractivity contribution is -0.161. The van der Waals surface area contributed by atoms with Gasteiger partial charge in [-0.05, 0) is 63.7 Å². The molecule has 0 aromatic heterocycles. The van der Waals surface area contributed by atoms with Gasteiger partial charge in [0.05, 0.1) is 19.8 Å². The SMILES string of the molecule is CCC(C)CCCCCCCCCCCCC(=O)O[C@H](COC(=O)CCC/C=C\C/C=C\C/C=C\C/C=C\CCCCCO)COP(=O)(O)OC[C@@H](O)CO. The van der Waals surface area contributed by atoms with Gasteiger partial charge in [-0.3, -0.25) is 18.6 Å². The van der Waals surface area contributed by atoms with E-state index in [-0.39, 0.29) is 26.1 Å². The summed E-state index contributed by atoms with van der Waals surface area (Å²) in [5.74, 6) is -0.176. The maximum Gasteiger partial charge on any atom is 0.472 e. The van der Waals surface area contributed by atoms with E-state index >= 15 is 0 Å². The lowest BCUT2D eigenvalue weighted by Gasteiger charge is -2.20. The maximum absolute atomic E-state index is 12.6. The second-order valence-corrected chi connectivity index (χ2v) is 15.8. The van der Waals surface area contributed by atoms with Crippen LogP contribution in [0.3, 0.4) is 0 Å². The summed E-state index contributed by atoms with van der Waals surface area (Å²) in [5, 5.41) is 27.1. The Labute approximate surface area is 333 Å². The molecule has 0 aliphatic carbocycles. The van der Waals surface area contributed by atoms with Crippen LogP contribution in [0.4, 0.5) is 0 Å². The molecule has 0 heterocycles. The van der Waals surface area contributed by atoms with Gasteiger partial charge >= 0.3 is 19.8 Å². The first-order valence-electron chi connectivity index (χ1n) is 21.1. The van der Waals surface area contributed by atoms with Crippen LogP contribution in [0.15, 0.2) is 48.6 Å². The van der Waals surface area contributed by atoms with E-state index in [4.69, 9.17) is 24.2 Å². The number of esters is 2. The average molecular weight is 801 g/mol. The van der Waals surface area contributed by atoms with Crippen molar-refractivity contribution in [3.8, 4) is 0 Å². The predicted molar refractivity (Wildman–Crippen MR) is 220 cm³/mol. The van der Waals surface area contributed by atoms with Crippen molar-refractivity contribution >= 4 is 19.8 Å². The number of phosphoric acid groups is 1. The molecule has 0 rings (SSSR count). The predicted octanol–water partition coefficient (Wildman–Crippen LogP) is 9.77. The number of allylic oxidation sites excluding steroid dienone is 8. The van der Waals surface area contributed by atoms with Gasteiger partial charge < -0.3 is 29.7 Å². The molecular weight excluding hydrogens is 723 g/mol. The molecule has 0 saturated carbocycles. The summed E-state index contributed by atoms with van der Waals surface area (Å²) in [6, 6.07) is 0. The smallest absolute Gasteiger partial charge is 0.462 e. The van der Waals surface area contributed by atoms with E-state index in [2.05, 4.69) is 54.8 Å². The van der Waals surface area contributed by atoms with Crippen LogP contribution in [0, 0.1) is 5.92 Å². The molecule has 0 aliphatic heterocycles. The van der Waals surface area contributed by atoms with Gasteiger partial charge in [-0.15, -0.1) is 0 Å². The summed E-state index contributed by atoms with van der Waals surface area (Å²) in [4.78, 5) is 34.9. The zero-order valence-electron chi connectivity index (χ0n) is 34.2. The number of unbranched alkanes of at least 4 members (excludes halogenated alkanes) is 13. The molecule has 0 aromatic carbocycles. The second kappa shape index (κ2) is 38.7. The van der Waals surface area contributed by atoms with Gasteiger partial charge in [0, 0.05) is 19.4 Å². The van der Waals surface area contributed by atoms with Crippen LogP contribution in [-0.2, 0) is 32.7 Å². The number of aliphatic hydroxyl groups is 3. The normalized spacial score (nSPS) is 14.9. The molecule has 0 aromatic rings. The quantitative estimate of drug-likeness (QED) is 0.0202. The van der Waals surface area contributed by atoms with E-state index in [1.165, 1.54) is 51.4 Å². The first-order valence-corrected chi connectivity index (χ1v) is 22.6. The number of carbonyl (C=O) groups is 2. The van der Waals surface area contributed by atoms with Crippen LogP contribution in [0.25, 0.3) is 0 Å². The van der Waals surface area contributed by atoms with Crippen molar-refractivity contribution in [1.29, 1.82) is 0 Å². The lowest BCUT2D eigenvalue weighted by Crippen LogP contribution is -2.29. The van der Waals surface area contributed by atoms with E-state index in [9.17, 15) is 24.2 Å². The fourth-order valence-electron chi connectivity index (χ4n) is 5.41. The second-order valence-electron chi connectivity index (χ2n) is 14.3. The van der Waals surface area contributed by atoms with Crippen molar-refractivity contribution in [2.45, 2.75) is 174 Å². The molecule has 0 fully saturated rings. The summed E-state index contributed by atoms with van der Waals surface area (Å²) in [6.07, 6.45) is 36.7. The van der Waals surface area contributed by atoms with E-state index in [1.807, 2.05) is 12.2 Å². The molecule has 55 heavy (non-hydrogen) atoms. The van der Waals surface area contributed by atoms with Gasteiger partial charge in [0.2, 0.25) is 0 Å². The molecule has 0 aliphatic rings. The zero-order chi connectivity index (χ0) is 40.7. The molecule has 0 saturated heterocycles. The molecule has 0 amide bonds. The number of rotatable bonds is 39. The summed E-state index contributed by atoms with van der Waals surface area (Å²) in [7, 11) is -4.63. The molecule has 4 N–H and O–H groups in total. The van der Waals surface area contributed by atoms with Gasteiger partial charge in [-0.25, -0.2) is 4.57 Å². The molecule has 0 bridgehead atoms. The topological polar surface area (TPSA) is 169 Å². The minimum atomic E-state index is -4.63. The molecule has 320 valence electrons. The molecule has 12 heteroatoms. The molecule has 0 radical (unpaired) electrons. The van der Waals surface area contributed by atoms with Crippen molar-refractivity contribution in [2.24, 2.45) is 5.92 Å². The van der Waals surface area contributed by atoms with Gasteiger partial charge in [-0.2, -0.15) is 0 Å². The number of aliphatic hydroxyl groups excluding tert-OH is 3. The highest BCUT2D eigenvalue weighted by Crippen LogP contribution is 2.43. The van der Waals surface area contributed by atoms with E-state index in [0.717, 1.165) is 70.1 Å². The van der Waals surface area contributed by atoms with E-state index in [1.54, 1.807) is 0 Å². The van der Waals surface area contributed by atoms with Crippen molar-refractivity contribution in [2.75, 3.05) is 33.0 Å². The van der Waals surface area contributed by atoms with Gasteiger partial charge in [0.25, 0.3) is 0 Å². The number of hydrogen-bond donors (Lipinski definition) is 4. The number of carbonyl (C=O) groups excluding carboxylic acids is 2. The van der Waals surface area contributed by atoms with Crippen LogP contribution in [0.2, 0.25) is 0 Å². The molecule has 0 spiro atoms. The zero-order valence-corrected chi connectivity index (χ0v) is 35.1. The van der Waals surface area contributed by atoms with Crippen LogP contribution < -0.4 is 0 Å². The number of phosphoric ester groups is 1. The minimum Gasteiger partial charge on any atom is -0.462 e. The van der Waals surface area contributed by atoms with Gasteiger partial charge in [0.15, 0.2) is 6.10 Å². The number of ether oxygens (including phenoxy) is 2. The third kappa shape index (κ3) is 38.5. The first-order chi connectivity index (χ1) is 26.6. The summed E-state index contributed by atoms with van der Waals surface area (Å²) < 4.78 is 32.6. The minimum absolute atomic E-state index is 0.155. The van der Waals surface area contributed by atoms with Gasteiger partial charge in [0.1, 0.15) is 12.7 Å². The number of hydrogen-bond acceptors (Lipinski definition) is 10. The summed E-state index contributed by atoms with van der Waals surface area (Å²) in [6.45, 7) is 2.65. The maximum atomic E-state index is 12.6. The average Bonchev–Trinajstić information content (AvgIpc) is 3.17. The third-order valence-electron chi connectivity index (χ3n) is 9.08. The van der Waals surface area contributed by atoms with Crippen molar-refractivity contribution < 1.29 is 52.9 Å².